The van der Waals surface area contributed by atoms with E-state index >= 15 is 0 Å². The average molecular weight is 333 g/mol. The molecule has 0 bridgehead atoms. The Labute approximate surface area is 135 Å². The summed E-state index contributed by atoms with van der Waals surface area (Å²) in [5.41, 5.74) is 2.01. The summed E-state index contributed by atoms with van der Waals surface area (Å²) in [6, 6.07) is 12.7. The second kappa shape index (κ2) is 7.73. The van der Waals surface area contributed by atoms with Crippen LogP contribution in [0.5, 0.6) is 0 Å². The van der Waals surface area contributed by atoms with Gasteiger partial charge in [0.15, 0.2) is 0 Å². The summed E-state index contributed by atoms with van der Waals surface area (Å²) >= 11 is 0. The first-order chi connectivity index (χ1) is 11.0. The van der Waals surface area contributed by atoms with Gasteiger partial charge in [-0.2, -0.15) is 0 Å². The molecule has 1 aromatic heterocycles. The number of carbonyl (C=O) groups excluding carboxylic acids is 1. The Kier molecular flexibility index (Phi) is 5.70. The van der Waals surface area contributed by atoms with E-state index in [1.165, 1.54) is 0 Å². The zero-order valence-corrected chi connectivity index (χ0v) is 13.6. The summed E-state index contributed by atoms with van der Waals surface area (Å²) < 4.78 is 22.2. The molecule has 0 saturated carbocycles. The van der Waals surface area contributed by atoms with Crippen LogP contribution in [0.1, 0.15) is 16.1 Å². The summed E-state index contributed by atoms with van der Waals surface area (Å²) in [6.07, 6.45) is 2.85. The van der Waals surface area contributed by atoms with Gasteiger partial charge in [-0.25, -0.2) is 8.42 Å². The van der Waals surface area contributed by atoms with Crippen LogP contribution in [0.2, 0.25) is 0 Å². The number of aromatic nitrogens is 1. The second-order valence-corrected chi connectivity index (χ2v) is 7.37. The SMILES string of the molecule is CS(=O)(=O)CCNC(=O)c1ccccc1NCc1ccccn1. The van der Waals surface area contributed by atoms with Gasteiger partial charge in [0.2, 0.25) is 0 Å². The van der Waals surface area contributed by atoms with E-state index in [0.29, 0.717) is 17.8 Å². The number of hydrogen-bond donors (Lipinski definition) is 2. The monoisotopic (exact) mass is 333 g/mol. The predicted molar refractivity (Wildman–Crippen MR) is 90.0 cm³/mol. The topological polar surface area (TPSA) is 88.2 Å². The molecule has 0 radical (unpaired) electrons. The largest absolute Gasteiger partial charge is 0.379 e. The molecule has 2 rings (SSSR count). The van der Waals surface area contributed by atoms with Crippen LogP contribution >= 0.6 is 0 Å². The molecule has 0 fully saturated rings. The number of nitrogens with one attached hydrogen (secondary N) is 2. The third kappa shape index (κ3) is 5.71. The van der Waals surface area contributed by atoms with Crippen molar-refractivity contribution in [1.82, 2.24) is 10.3 Å². The fourth-order valence-electron chi connectivity index (χ4n) is 1.97. The van der Waals surface area contributed by atoms with Gasteiger partial charge >= 0.3 is 0 Å². The number of pyridine rings is 1. The van der Waals surface area contributed by atoms with Crippen molar-refractivity contribution in [2.75, 3.05) is 23.9 Å². The maximum absolute atomic E-state index is 12.2. The number of amides is 1. The molecule has 1 amide bonds. The Hall–Kier alpha value is -2.41. The van der Waals surface area contributed by atoms with E-state index in [9.17, 15) is 13.2 Å². The Balaban J connectivity index is 2.00. The van der Waals surface area contributed by atoms with Crippen molar-refractivity contribution in [1.29, 1.82) is 0 Å². The first kappa shape index (κ1) is 17.0. The Bertz CT molecular complexity index is 761. The quantitative estimate of drug-likeness (QED) is 0.801. The molecule has 0 aliphatic heterocycles. The standard InChI is InChI=1S/C16H19N3O3S/c1-23(21,22)11-10-18-16(20)14-7-2-3-8-15(14)19-12-13-6-4-5-9-17-13/h2-9,19H,10-12H2,1H3,(H,18,20). The molecule has 0 aliphatic rings. The summed E-state index contributed by atoms with van der Waals surface area (Å²) in [4.78, 5) is 16.4. The molecular formula is C16H19N3O3S. The van der Waals surface area contributed by atoms with Gasteiger partial charge in [0.05, 0.1) is 23.6 Å². The highest BCUT2D eigenvalue weighted by molar-refractivity contribution is 7.90. The molecule has 0 unspecified atom stereocenters. The Morgan fingerprint density at radius 2 is 1.87 bits per heavy atom. The van der Waals surface area contributed by atoms with Crippen LogP contribution in [-0.4, -0.2) is 37.9 Å². The highest BCUT2D eigenvalue weighted by atomic mass is 32.2. The first-order valence-electron chi connectivity index (χ1n) is 7.14. The summed E-state index contributed by atoms with van der Waals surface area (Å²) in [6.45, 7) is 0.584. The highest BCUT2D eigenvalue weighted by Crippen LogP contribution is 2.15. The van der Waals surface area contributed by atoms with Gasteiger partial charge in [0, 0.05) is 24.7 Å². The van der Waals surface area contributed by atoms with Gasteiger partial charge in [0.25, 0.3) is 5.91 Å². The number of para-hydroxylation sites is 1. The van der Waals surface area contributed by atoms with E-state index < -0.39 is 9.84 Å². The molecule has 0 spiro atoms. The third-order valence-corrected chi connectivity index (χ3v) is 4.06. The molecule has 0 atom stereocenters. The fraction of sp³-hybridized carbons (Fsp3) is 0.250. The van der Waals surface area contributed by atoms with E-state index in [1.807, 2.05) is 24.3 Å². The fourth-order valence-corrected chi connectivity index (χ4v) is 2.44. The number of benzene rings is 1. The van der Waals surface area contributed by atoms with Crippen molar-refractivity contribution in [2.24, 2.45) is 0 Å². The van der Waals surface area contributed by atoms with Crippen molar-refractivity contribution < 1.29 is 13.2 Å². The molecule has 2 aromatic rings. The Morgan fingerprint density at radius 1 is 1.13 bits per heavy atom. The van der Waals surface area contributed by atoms with Crippen LogP contribution in [-0.2, 0) is 16.4 Å². The molecule has 0 saturated heterocycles. The van der Waals surface area contributed by atoms with Crippen LogP contribution < -0.4 is 10.6 Å². The normalized spacial score (nSPS) is 11.0. The number of hydrogen-bond acceptors (Lipinski definition) is 5. The molecule has 1 aromatic carbocycles. The number of anilines is 1. The average Bonchev–Trinajstić information content (AvgIpc) is 2.53. The minimum absolute atomic E-state index is 0.0811. The summed E-state index contributed by atoms with van der Waals surface area (Å²) in [7, 11) is -3.10. The van der Waals surface area contributed by atoms with Gasteiger partial charge in [0.1, 0.15) is 9.84 Å². The molecule has 23 heavy (non-hydrogen) atoms. The van der Waals surface area contributed by atoms with Gasteiger partial charge in [-0.05, 0) is 24.3 Å². The summed E-state index contributed by atoms with van der Waals surface area (Å²) in [5, 5.41) is 5.80. The number of nitrogens with zero attached hydrogens (tertiary/aromatic N) is 1. The molecule has 1 heterocycles. The van der Waals surface area contributed by atoms with Crippen molar-refractivity contribution >= 4 is 21.4 Å². The maximum Gasteiger partial charge on any atom is 0.253 e. The van der Waals surface area contributed by atoms with Gasteiger partial charge in [-0.1, -0.05) is 18.2 Å². The Morgan fingerprint density at radius 3 is 2.57 bits per heavy atom. The van der Waals surface area contributed by atoms with Gasteiger partial charge in [-0.3, -0.25) is 9.78 Å². The molecule has 122 valence electrons. The van der Waals surface area contributed by atoms with E-state index in [4.69, 9.17) is 0 Å². The van der Waals surface area contributed by atoms with Gasteiger partial charge in [-0.15, -0.1) is 0 Å². The molecule has 6 nitrogen and oxygen atoms in total. The minimum atomic E-state index is -3.10. The number of rotatable bonds is 7. The van der Waals surface area contributed by atoms with Crippen LogP contribution in [0.15, 0.2) is 48.7 Å². The van der Waals surface area contributed by atoms with Crippen molar-refractivity contribution in [3.05, 3.63) is 59.9 Å². The molecule has 0 aliphatic carbocycles. The zero-order valence-electron chi connectivity index (χ0n) is 12.8. The minimum Gasteiger partial charge on any atom is -0.379 e. The highest BCUT2D eigenvalue weighted by Gasteiger charge is 2.11. The second-order valence-electron chi connectivity index (χ2n) is 5.11. The number of sulfone groups is 1. The van der Waals surface area contributed by atoms with Crippen LogP contribution in [0.25, 0.3) is 0 Å². The van der Waals surface area contributed by atoms with Crippen LogP contribution in [0.4, 0.5) is 5.69 Å². The van der Waals surface area contributed by atoms with Crippen molar-refractivity contribution in [2.45, 2.75) is 6.54 Å². The molecular weight excluding hydrogens is 314 g/mol. The first-order valence-corrected chi connectivity index (χ1v) is 9.20. The van der Waals surface area contributed by atoms with Crippen molar-refractivity contribution in [3.8, 4) is 0 Å². The lowest BCUT2D eigenvalue weighted by Crippen LogP contribution is -2.29. The lowest BCUT2D eigenvalue weighted by molar-refractivity contribution is 0.0957. The lowest BCUT2D eigenvalue weighted by Gasteiger charge is -2.12. The van der Waals surface area contributed by atoms with Crippen LogP contribution in [0, 0.1) is 0 Å². The summed E-state index contributed by atoms with van der Waals surface area (Å²) in [5.74, 6) is -0.389. The smallest absolute Gasteiger partial charge is 0.253 e. The van der Waals surface area contributed by atoms with E-state index in [2.05, 4.69) is 15.6 Å². The number of carbonyl (C=O) groups is 1. The predicted octanol–water partition coefficient (Wildman–Crippen LogP) is 1.47. The zero-order chi connectivity index (χ0) is 16.7. The molecule has 7 heteroatoms. The van der Waals surface area contributed by atoms with Crippen LogP contribution in [0.3, 0.4) is 0 Å². The van der Waals surface area contributed by atoms with Gasteiger partial charge < -0.3 is 10.6 Å². The maximum atomic E-state index is 12.2. The van der Waals surface area contributed by atoms with E-state index in [1.54, 1.807) is 24.4 Å². The van der Waals surface area contributed by atoms with E-state index in [-0.39, 0.29) is 18.2 Å². The third-order valence-electron chi connectivity index (χ3n) is 3.12. The van der Waals surface area contributed by atoms with E-state index in [0.717, 1.165) is 11.9 Å². The molecule has 2 N–H and O–H groups in total. The van der Waals surface area contributed by atoms with Crippen molar-refractivity contribution in [3.63, 3.8) is 0 Å². The lowest BCUT2D eigenvalue weighted by atomic mass is 10.1.